The molecule has 0 fully saturated rings. The van der Waals surface area contributed by atoms with E-state index in [0.717, 1.165) is 6.07 Å². The quantitative estimate of drug-likeness (QED) is 0.705. The zero-order valence-electron chi connectivity index (χ0n) is 10.7. The molecule has 0 unspecified atom stereocenters. The van der Waals surface area contributed by atoms with Gasteiger partial charge in [0, 0.05) is 12.1 Å². The highest BCUT2D eigenvalue weighted by atomic mass is 16.3. The fourth-order valence-corrected chi connectivity index (χ4v) is 2.26. The molecule has 1 aromatic heterocycles. The Morgan fingerprint density at radius 3 is 2.43 bits per heavy atom. The van der Waals surface area contributed by atoms with Crippen LogP contribution in [0.2, 0.25) is 0 Å². The van der Waals surface area contributed by atoms with Crippen molar-refractivity contribution < 1.29 is 19.4 Å². The highest BCUT2D eigenvalue weighted by molar-refractivity contribution is 5.93. The Hall–Kier alpha value is -3.08. The predicted molar refractivity (Wildman–Crippen MR) is 76.6 cm³/mol. The summed E-state index contributed by atoms with van der Waals surface area (Å²) in [7, 11) is 0. The van der Waals surface area contributed by atoms with Gasteiger partial charge >= 0.3 is 0 Å². The summed E-state index contributed by atoms with van der Waals surface area (Å²) in [5.74, 6) is -0.801. The number of carbonyl (C=O) groups excluding carboxylic acids is 1. The normalized spacial score (nSPS) is 10.7. The molecule has 0 atom stereocenters. The predicted octanol–water partition coefficient (Wildman–Crippen LogP) is 2.68. The van der Waals surface area contributed by atoms with E-state index in [9.17, 15) is 19.8 Å². The molecular formula is C16H10O5. The monoisotopic (exact) mass is 282 g/mol. The molecule has 0 aliphatic heterocycles. The summed E-state index contributed by atoms with van der Waals surface area (Å²) in [6.07, 6.45) is 0.435. The van der Waals surface area contributed by atoms with Crippen LogP contribution in [0.1, 0.15) is 10.6 Å². The number of hydrogen-bond acceptors (Lipinski definition) is 5. The van der Waals surface area contributed by atoms with Crippen LogP contribution in [-0.2, 0) is 0 Å². The Balaban J connectivity index is 2.48. The lowest BCUT2D eigenvalue weighted by atomic mass is 10.0. The van der Waals surface area contributed by atoms with E-state index in [1.807, 2.05) is 0 Å². The first-order valence-electron chi connectivity index (χ1n) is 6.15. The van der Waals surface area contributed by atoms with Gasteiger partial charge in [0.05, 0.1) is 5.56 Å². The summed E-state index contributed by atoms with van der Waals surface area (Å²) in [5.41, 5.74) is 0.0307. The first kappa shape index (κ1) is 12.9. The fourth-order valence-electron chi connectivity index (χ4n) is 2.26. The minimum absolute atomic E-state index is 0.0423. The first-order chi connectivity index (χ1) is 10.1. The van der Waals surface area contributed by atoms with Gasteiger partial charge in [-0.1, -0.05) is 30.3 Å². The summed E-state index contributed by atoms with van der Waals surface area (Å²) in [4.78, 5) is 23.8. The van der Waals surface area contributed by atoms with Gasteiger partial charge in [-0.15, -0.1) is 0 Å². The van der Waals surface area contributed by atoms with Crippen LogP contribution in [-0.4, -0.2) is 16.5 Å². The van der Waals surface area contributed by atoms with Crippen molar-refractivity contribution in [2.45, 2.75) is 0 Å². The molecule has 1 heterocycles. The standard InChI is InChI=1S/C16H10O5/c17-8-13-14(9-4-2-1-3-5-9)16(20)15-11(19)6-10(18)7-12(15)21-13/h1-8,18-19H. The number of aldehydes is 1. The van der Waals surface area contributed by atoms with Crippen molar-refractivity contribution in [3.63, 3.8) is 0 Å². The molecule has 0 amide bonds. The van der Waals surface area contributed by atoms with Crippen molar-refractivity contribution in [2.24, 2.45) is 0 Å². The molecule has 2 N–H and O–H groups in total. The van der Waals surface area contributed by atoms with Gasteiger partial charge in [0.25, 0.3) is 0 Å². The van der Waals surface area contributed by atoms with Crippen molar-refractivity contribution in [3.8, 4) is 22.6 Å². The van der Waals surface area contributed by atoms with Crippen LogP contribution in [0, 0.1) is 0 Å². The maximum absolute atomic E-state index is 12.6. The number of phenolic OH excluding ortho intramolecular Hbond substituents is 2. The molecule has 5 nitrogen and oxygen atoms in total. The SMILES string of the molecule is O=Cc1oc2cc(O)cc(O)c2c(=O)c1-c1ccccc1. The maximum atomic E-state index is 12.6. The Morgan fingerprint density at radius 2 is 1.76 bits per heavy atom. The van der Waals surface area contributed by atoms with Crippen LogP contribution in [0.25, 0.3) is 22.1 Å². The summed E-state index contributed by atoms with van der Waals surface area (Å²) in [6.45, 7) is 0. The molecule has 0 radical (unpaired) electrons. The van der Waals surface area contributed by atoms with E-state index in [4.69, 9.17) is 4.42 Å². The van der Waals surface area contributed by atoms with E-state index >= 15 is 0 Å². The molecule has 0 aliphatic rings. The van der Waals surface area contributed by atoms with E-state index in [1.54, 1.807) is 30.3 Å². The Labute approximate surface area is 118 Å². The number of fused-ring (bicyclic) bond motifs is 1. The molecule has 21 heavy (non-hydrogen) atoms. The van der Waals surface area contributed by atoms with Gasteiger partial charge in [-0.3, -0.25) is 9.59 Å². The Bertz CT molecular complexity index is 894. The van der Waals surface area contributed by atoms with Crippen molar-refractivity contribution >= 4 is 17.3 Å². The second-order valence-corrected chi connectivity index (χ2v) is 4.49. The van der Waals surface area contributed by atoms with Crippen LogP contribution < -0.4 is 5.43 Å². The highest BCUT2D eigenvalue weighted by Crippen LogP contribution is 2.31. The van der Waals surface area contributed by atoms with E-state index in [-0.39, 0.29) is 28.0 Å². The minimum atomic E-state index is -0.526. The summed E-state index contributed by atoms with van der Waals surface area (Å²) in [6, 6.07) is 10.8. The zero-order chi connectivity index (χ0) is 15.0. The van der Waals surface area contributed by atoms with Crippen molar-refractivity contribution in [1.82, 2.24) is 0 Å². The van der Waals surface area contributed by atoms with E-state index in [2.05, 4.69) is 0 Å². The topological polar surface area (TPSA) is 87.7 Å². The van der Waals surface area contributed by atoms with Crippen LogP contribution >= 0.6 is 0 Å². The van der Waals surface area contributed by atoms with E-state index in [1.165, 1.54) is 6.07 Å². The number of benzene rings is 2. The third-order valence-corrected chi connectivity index (χ3v) is 3.16. The lowest BCUT2D eigenvalue weighted by Gasteiger charge is -2.07. The zero-order valence-corrected chi connectivity index (χ0v) is 10.7. The number of hydrogen-bond donors (Lipinski definition) is 2. The van der Waals surface area contributed by atoms with E-state index in [0.29, 0.717) is 11.8 Å². The van der Waals surface area contributed by atoms with E-state index < -0.39 is 11.2 Å². The third kappa shape index (κ3) is 2.04. The third-order valence-electron chi connectivity index (χ3n) is 3.16. The smallest absolute Gasteiger partial charge is 0.205 e. The molecule has 0 saturated carbocycles. The molecule has 3 rings (SSSR count). The highest BCUT2D eigenvalue weighted by Gasteiger charge is 2.18. The number of carbonyl (C=O) groups is 1. The average molecular weight is 282 g/mol. The molecule has 0 saturated heterocycles. The Morgan fingerprint density at radius 1 is 1.05 bits per heavy atom. The summed E-state index contributed by atoms with van der Waals surface area (Å²) >= 11 is 0. The van der Waals surface area contributed by atoms with Crippen molar-refractivity contribution in [1.29, 1.82) is 0 Å². The summed E-state index contributed by atoms with van der Waals surface area (Å²) in [5, 5.41) is 19.2. The number of rotatable bonds is 2. The summed E-state index contributed by atoms with van der Waals surface area (Å²) < 4.78 is 5.35. The fraction of sp³-hybridized carbons (Fsp3) is 0. The second-order valence-electron chi connectivity index (χ2n) is 4.49. The van der Waals surface area contributed by atoms with Crippen molar-refractivity contribution in [3.05, 3.63) is 58.4 Å². The lowest BCUT2D eigenvalue weighted by molar-refractivity contribution is 0.110. The number of phenols is 2. The van der Waals surface area contributed by atoms with Crippen molar-refractivity contribution in [2.75, 3.05) is 0 Å². The first-order valence-corrected chi connectivity index (χ1v) is 6.15. The van der Waals surface area contributed by atoms with Gasteiger partial charge < -0.3 is 14.6 Å². The van der Waals surface area contributed by atoms with Gasteiger partial charge in [-0.2, -0.15) is 0 Å². The molecule has 0 bridgehead atoms. The van der Waals surface area contributed by atoms with Gasteiger partial charge in [0.1, 0.15) is 22.5 Å². The Kier molecular flexibility index (Phi) is 2.95. The number of aromatic hydroxyl groups is 2. The molecule has 0 spiro atoms. The average Bonchev–Trinajstić information content (AvgIpc) is 2.46. The molecule has 5 heteroatoms. The molecule has 3 aromatic rings. The molecule has 0 aliphatic carbocycles. The van der Waals surface area contributed by atoms with Crippen LogP contribution in [0.15, 0.2) is 51.7 Å². The van der Waals surface area contributed by atoms with Gasteiger partial charge in [-0.25, -0.2) is 0 Å². The van der Waals surface area contributed by atoms with Crippen LogP contribution in [0.5, 0.6) is 11.5 Å². The molecule has 104 valence electrons. The second kappa shape index (κ2) is 4.79. The molecular weight excluding hydrogens is 272 g/mol. The lowest BCUT2D eigenvalue weighted by Crippen LogP contribution is -2.09. The molecule has 2 aromatic carbocycles. The van der Waals surface area contributed by atoms with Gasteiger partial charge in [0.2, 0.25) is 5.43 Å². The van der Waals surface area contributed by atoms with Crippen LogP contribution in [0.3, 0.4) is 0 Å². The van der Waals surface area contributed by atoms with Gasteiger partial charge in [-0.05, 0) is 5.56 Å². The van der Waals surface area contributed by atoms with Crippen LogP contribution in [0.4, 0.5) is 0 Å². The maximum Gasteiger partial charge on any atom is 0.205 e. The largest absolute Gasteiger partial charge is 0.508 e. The minimum Gasteiger partial charge on any atom is -0.508 e. The van der Waals surface area contributed by atoms with Gasteiger partial charge in [0.15, 0.2) is 12.0 Å².